The SMILES string of the molecule is COc1ccc(Br)cc1/C=C/C(=O)NNC(=O)c1cc(C)oc1C. The Morgan fingerprint density at radius 2 is 1.96 bits per heavy atom. The van der Waals surface area contributed by atoms with Gasteiger partial charge in [0, 0.05) is 16.1 Å². The molecule has 1 aromatic carbocycles. The van der Waals surface area contributed by atoms with Crippen LogP contribution in [0.4, 0.5) is 0 Å². The van der Waals surface area contributed by atoms with Crippen LogP contribution < -0.4 is 15.6 Å². The summed E-state index contributed by atoms with van der Waals surface area (Å²) in [5, 5.41) is 0. The Kier molecular flexibility index (Phi) is 5.81. The highest BCUT2D eigenvalue weighted by molar-refractivity contribution is 9.10. The summed E-state index contributed by atoms with van der Waals surface area (Å²) in [6.07, 6.45) is 2.90. The molecule has 0 aliphatic carbocycles. The van der Waals surface area contributed by atoms with E-state index in [0.717, 1.165) is 10.0 Å². The van der Waals surface area contributed by atoms with E-state index < -0.39 is 11.8 Å². The highest BCUT2D eigenvalue weighted by Gasteiger charge is 2.13. The van der Waals surface area contributed by atoms with Crippen molar-refractivity contribution in [3.8, 4) is 5.75 Å². The summed E-state index contributed by atoms with van der Waals surface area (Å²) in [6.45, 7) is 3.43. The van der Waals surface area contributed by atoms with Crippen LogP contribution in [0.5, 0.6) is 5.75 Å². The fourth-order valence-electron chi connectivity index (χ4n) is 2.08. The van der Waals surface area contributed by atoms with E-state index in [2.05, 4.69) is 26.8 Å². The summed E-state index contributed by atoms with van der Waals surface area (Å²) in [6, 6.07) is 7.05. The Morgan fingerprint density at radius 3 is 2.58 bits per heavy atom. The molecular formula is C17H17BrN2O4. The zero-order valence-corrected chi connectivity index (χ0v) is 15.1. The highest BCUT2D eigenvalue weighted by Crippen LogP contribution is 2.24. The van der Waals surface area contributed by atoms with Crippen LogP contribution in [-0.4, -0.2) is 18.9 Å². The minimum atomic E-state index is -0.469. The van der Waals surface area contributed by atoms with Gasteiger partial charge in [0.1, 0.15) is 17.3 Å². The topological polar surface area (TPSA) is 80.6 Å². The molecule has 1 heterocycles. The van der Waals surface area contributed by atoms with E-state index in [0.29, 0.717) is 22.8 Å². The van der Waals surface area contributed by atoms with Gasteiger partial charge in [-0.1, -0.05) is 15.9 Å². The number of carbonyl (C=O) groups excluding carboxylic acids is 2. The van der Waals surface area contributed by atoms with Gasteiger partial charge in [0.25, 0.3) is 11.8 Å². The molecule has 0 atom stereocenters. The van der Waals surface area contributed by atoms with Gasteiger partial charge in [-0.15, -0.1) is 0 Å². The number of nitrogens with one attached hydrogen (secondary N) is 2. The summed E-state index contributed by atoms with van der Waals surface area (Å²) >= 11 is 3.36. The number of hydrogen-bond donors (Lipinski definition) is 2. The van der Waals surface area contributed by atoms with Crippen molar-refractivity contribution < 1.29 is 18.7 Å². The monoisotopic (exact) mass is 392 g/mol. The summed E-state index contributed by atoms with van der Waals surface area (Å²) in [5.74, 6) is 0.851. The van der Waals surface area contributed by atoms with Gasteiger partial charge < -0.3 is 9.15 Å². The van der Waals surface area contributed by atoms with E-state index >= 15 is 0 Å². The summed E-state index contributed by atoms with van der Waals surface area (Å²) < 4.78 is 11.4. The molecule has 2 aromatic rings. The second kappa shape index (κ2) is 7.83. The first-order valence-electron chi connectivity index (χ1n) is 7.09. The second-order valence-electron chi connectivity index (χ2n) is 4.99. The molecule has 2 N–H and O–H groups in total. The molecule has 0 fully saturated rings. The average Bonchev–Trinajstić information content (AvgIpc) is 2.89. The van der Waals surface area contributed by atoms with Gasteiger partial charge in [-0.25, -0.2) is 0 Å². The zero-order valence-electron chi connectivity index (χ0n) is 13.5. The van der Waals surface area contributed by atoms with Crippen LogP contribution in [0.15, 0.2) is 39.2 Å². The van der Waals surface area contributed by atoms with Crippen molar-refractivity contribution in [2.75, 3.05) is 7.11 Å². The number of ether oxygens (including phenoxy) is 1. The van der Waals surface area contributed by atoms with Crippen molar-refractivity contribution in [3.05, 3.63) is 57.5 Å². The zero-order chi connectivity index (χ0) is 17.7. The van der Waals surface area contributed by atoms with Crippen LogP contribution in [0, 0.1) is 13.8 Å². The number of furan rings is 1. The van der Waals surface area contributed by atoms with E-state index in [4.69, 9.17) is 9.15 Å². The van der Waals surface area contributed by atoms with Crippen molar-refractivity contribution in [1.82, 2.24) is 10.9 Å². The van der Waals surface area contributed by atoms with Gasteiger partial charge in [0.2, 0.25) is 0 Å². The molecule has 0 bridgehead atoms. The lowest BCUT2D eigenvalue weighted by Crippen LogP contribution is -2.40. The second-order valence-corrected chi connectivity index (χ2v) is 5.91. The maximum Gasteiger partial charge on any atom is 0.273 e. The number of halogens is 1. The third-order valence-electron chi connectivity index (χ3n) is 3.19. The normalized spacial score (nSPS) is 10.7. The minimum absolute atomic E-state index is 0.380. The number of carbonyl (C=O) groups is 2. The van der Waals surface area contributed by atoms with Crippen LogP contribution in [0.2, 0.25) is 0 Å². The Morgan fingerprint density at radius 1 is 1.21 bits per heavy atom. The molecule has 0 aliphatic heterocycles. The molecule has 2 amide bonds. The number of amides is 2. The third-order valence-corrected chi connectivity index (χ3v) is 3.68. The van der Waals surface area contributed by atoms with Crippen molar-refractivity contribution in [2.45, 2.75) is 13.8 Å². The molecule has 6 nitrogen and oxygen atoms in total. The molecular weight excluding hydrogens is 376 g/mol. The fraction of sp³-hybridized carbons (Fsp3) is 0.176. The maximum atomic E-state index is 12.0. The lowest BCUT2D eigenvalue weighted by molar-refractivity contribution is -0.117. The fourth-order valence-corrected chi connectivity index (χ4v) is 2.46. The van der Waals surface area contributed by atoms with Gasteiger partial charge in [-0.05, 0) is 44.2 Å². The average molecular weight is 393 g/mol. The lowest BCUT2D eigenvalue weighted by atomic mass is 10.2. The predicted molar refractivity (Wildman–Crippen MR) is 93.5 cm³/mol. The number of methoxy groups -OCH3 is 1. The molecule has 0 aliphatic rings. The molecule has 0 spiro atoms. The first-order chi connectivity index (χ1) is 11.4. The lowest BCUT2D eigenvalue weighted by Gasteiger charge is -2.06. The van der Waals surface area contributed by atoms with Crippen LogP contribution >= 0.6 is 15.9 Å². The smallest absolute Gasteiger partial charge is 0.273 e. The molecule has 126 valence electrons. The number of aryl methyl sites for hydroxylation is 2. The van der Waals surface area contributed by atoms with Gasteiger partial charge in [-0.2, -0.15) is 0 Å². The van der Waals surface area contributed by atoms with Crippen LogP contribution in [0.3, 0.4) is 0 Å². The molecule has 1 aromatic heterocycles. The van der Waals surface area contributed by atoms with Crippen molar-refractivity contribution in [3.63, 3.8) is 0 Å². The Bertz CT molecular complexity index is 796. The molecule has 7 heteroatoms. The molecule has 24 heavy (non-hydrogen) atoms. The number of hydrogen-bond acceptors (Lipinski definition) is 4. The first-order valence-corrected chi connectivity index (χ1v) is 7.89. The van der Waals surface area contributed by atoms with Crippen LogP contribution in [0.25, 0.3) is 6.08 Å². The van der Waals surface area contributed by atoms with Crippen LogP contribution in [-0.2, 0) is 4.79 Å². The van der Waals surface area contributed by atoms with Crippen molar-refractivity contribution in [2.24, 2.45) is 0 Å². The molecule has 0 saturated heterocycles. The van der Waals surface area contributed by atoms with E-state index in [-0.39, 0.29) is 0 Å². The van der Waals surface area contributed by atoms with Gasteiger partial charge in [0.15, 0.2) is 0 Å². The molecule has 0 saturated carbocycles. The van der Waals surface area contributed by atoms with E-state index in [9.17, 15) is 9.59 Å². The van der Waals surface area contributed by atoms with Gasteiger partial charge >= 0.3 is 0 Å². The minimum Gasteiger partial charge on any atom is -0.496 e. The summed E-state index contributed by atoms with van der Waals surface area (Å²) in [5.41, 5.74) is 5.77. The number of benzene rings is 1. The first kappa shape index (κ1) is 17.8. The Labute approximate surface area is 148 Å². The summed E-state index contributed by atoms with van der Waals surface area (Å²) in [4.78, 5) is 23.8. The number of hydrazine groups is 1. The summed E-state index contributed by atoms with van der Waals surface area (Å²) in [7, 11) is 1.55. The Hall–Kier alpha value is -2.54. The van der Waals surface area contributed by atoms with Crippen LogP contribution in [0.1, 0.15) is 27.4 Å². The predicted octanol–water partition coefficient (Wildman–Crippen LogP) is 3.14. The van der Waals surface area contributed by atoms with E-state index in [1.807, 2.05) is 12.1 Å². The number of rotatable bonds is 4. The van der Waals surface area contributed by atoms with Gasteiger partial charge in [-0.3, -0.25) is 20.4 Å². The van der Waals surface area contributed by atoms with E-state index in [1.54, 1.807) is 39.2 Å². The molecule has 0 unspecified atom stereocenters. The Balaban J connectivity index is 1.97. The van der Waals surface area contributed by atoms with Crippen molar-refractivity contribution >= 4 is 33.8 Å². The van der Waals surface area contributed by atoms with Gasteiger partial charge in [0.05, 0.1) is 12.7 Å². The third kappa shape index (κ3) is 4.48. The maximum absolute atomic E-state index is 12.0. The van der Waals surface area contributed by atoms with E-state index in [1.165, 1.54) is 6.08 Å². The van der Waals surface area contributed by atoms with Crippen molar-refractivity contribution in [1.29, 1.82) is 0 Å². The molecule has 2 rings (SSSR count). The standard InChI is InChI=1S/C17H17BrN2O4/c1-10-8-14(11(2)24-10)17(22)20-19-16(21)7-4-12-9-13(18)5-6-15(12)23-3/h4-9H,1-3H3,(H,19,21)(H,20,22)/b7-4+. The highest BCUT2D eigenvalue weighted by atomic mass is 79.9. The largest absolute Gasteiger partial charge is 0.496 e. The molecule has 0 radical (unpaired) electrons. The quantitative estimate of drug-likeness (QED) is 0.618.